The Labute approximate surface area is 115 Å². The van der Waals surface area contributed by atoms with Gasteiger partial charge in [0.25, 0.3) is 0 Å². The Hall–Kier alpha value is -1.42. The number of anilines is 3. The van der Waals surface area contributed by atoms with E-state index >= 15 is 0 Å². The summed E-state index contributed by atoms with van der Waals surface area (Å²) in [5, 5.41) is 4.55. The molecular weight excluding hydrogens is 269 g/mol. The number of halogens is 2. The van der Waals surface area contributed by atoms with E-state index < -0.39 is 0 Å². The van der Waals surface area contributed by atoms with Crippen LogP contribution in [0.25, 0.3) is 0 Å². The smallest absolute Gasteiger partial charge is 0.157 e. The van der Waals surface area contributed by atoms with Gasteiger partial charge in [0.1, 0.15) is 0 Å². The minimum Gasteiger partial charge on any atom is -0.351 e. The Morgan fingerprint density at radius 1 is 1.06 bits per heavy atom. The van der Waals surface area contributed by atoms with E-state index in [1.165, 1.54) is 0 Å². The third-order valence-corrected chi connectivity index (χ3v) is 3.36. The lowest BCUT2D eigenvalue weighted by Gasteiger charge is -2.23. The molecular formula is C13H11Cl2N3. The first-order valence-electron chi connectivity index (χ1n) is 5.51. The van der Waals surface area contributed by atoms with Crippen molar-refractivity contribution in [3.8, 4) is 0 Å². The summed E-state index contributed by atoms with van der Waals surface area (Å²) in [6, 6.07) is 13.2. The molecule has 2 aromatic rings. The average molecular weight is 280 g/mol. The van der Waals surface area contributed by atoms with Gasteiger partial charge in [-0.05, 0) is 36.4 Å². The van der Waals surface area contributed by atoms with Crippen LogP contribution >= 0.6 is 23.2 Å². The highest BCUT2D eigenvalue weighted by molar-refractivity contribution is 6.31. The second-order valence-corrected chi connectivity index (χ2v) is 4.97. The van der Waals surface area contributed by atoms with E-state index in [2.05, 4.69) is 5.32 Å². The number of hydrogen-bond donors (Lipinski definition) is 2. The Morgan fingerprint density at radius 3 is 2.61 bits per heavy atom. The molecule has 0 saturated carbocycles. The van der Waals surface area contributed by atoms with Gasteiger partial charge in [-0.15, -0.1) is 0 Å². The summed E-state index contributed by atoms with van der Waals surface area (Å²) >= 11 is 12.0. The topological polar surface area (TPSA) is 41.3 Å². The molecule has 92 valence electrons. The van der Waals surface area contributed by atoms with Crippen molar-refractivity contribution in [2.75, 3.05) is 10.2 Å². The lowest BCUT2D eigenvalue weighted by Crippen LogP contribution is -2.39. The maximum atomic E-state index is 6.09. The minimum absolute atomic E-state index is 0.322. The predicted octanol–water partition coefficient (Wildman–Crippen LogP) is 3.80. The standard InChI is InChI=1S/C13H11Cl2N3/c14-8-2-1-3-10(6-8)18-12-7-9(15)4-5-11(12)17-13(18)16/h1-7,13,17H,16H2. The maximum Gasteiger partial charge on any atom is 0.157 e. The van der Waals surface area contributed by atoms with E-state index in [-0.39, 0.29) is 6.29 Å². The molecule has 1 unspecified atom stereocenters. The van der Waals surface area contributed by atoms with E-state index in [1.807, 2.05) is 47.4 Å². The molecule has 1 aliphatic rings. The molecule has 1 heterocycles. The molecule has 1 atom stereocenters. The second kappa shape index (κ2) is 4.35. The summed E-state index contributed by atoms with van der Waals surface area (Å²) < 4.78 is 0. The molecule has 3 nitrogen and oxygen atoms in total. The zero-order chi connectivity index (χ0) is 12.7. The molecule has 0 fully saturated rings. The molecule has 3 rings (SSSR count). The highest BCUT2D eigenvalue weighted by atomic mass is 35.5. The lowest BCUT2D eigenvalue weighted by atomic mass is 10.2. The number of fused-ring (bicyclic) bond motifs is 1. The van der Waals surface area contributed by atoms with Crippen LogP contribution in [-0.4, -0.2) is 6.29 Å². The number of nitrogens with zero attached hydrogens (tertiary/aromatic N) is 1. The van der Waals surface area contributed by atoms with Gasteiger partial charge >= 0.3 is 0 Å². The van der Waals surface area contributed by atoms with Crippen LogP contribution in [0, 0.1) is 0 Å². The van der Waals surface area contributed by atoms with Crippen molar-refractivity contribution in [1.82, 2.24) is 0 Å². The third-order valence-electron chi connectivity index (χ3n) is 2.89. The van der Waals surface area contributed by atoms with Crippen molar-refractivity contribution in [2.24, 2.45) is 5.73 Å². The van der Waals surface area contributed by atoms with Gasteiger partial charge in [0.05, 0.1) is 11.4 Å². The van der Waals surface area contributed by atoms with Crippen LogP contribution in [0.4, 0.5) is 17.1 Å². The van der Waals surface area contributed by atoms with Gasteiger partial charge in [-0.25, -0.2) is 0 Å². The normalized spacial score (nSPS) is 17.5. The van der Waals surface area contributed by atoms with Crippen LogP contribution in [-0.2, 0) is 0 Å². The monoisotopic (exact) mass is 279 g/mol. The quantitative estimate of drug-likeness (QED) is 0.834. The van der Waals surface area contributed by atoms with Crippen LogP contribution in [0.15, 0.2) is 42.5 Å². The third kappa shape index (κ3) is 1.90. The van der Waals surface area contributed by atoms with Gasteiger partial charge in [-0.2, -0.15) is 0 Å². The van der Waals surface area contributed by atoms with Crippen molar-refractivity contribution in [1.29, 1.82) is 0 Å². The van der Waals surface area contributed by atoms with Crippen LogP contribution in [0.2, 0.25) is 10.0 Å². The fourth-order valence-electron chi connectivity index (χ4n) is 2.13. The number of benzene rings is 2. The highest BCUT2D eigenvalue weighted by Crippen LogP contribution is 2.40. The van der Waals surface area contributed by atoms with E-state index in [1.54, 1.807) is 0 Å². The highest BCUT2D eigenvalue weighted by Gasteiger charge is 2.27. The zero-order valence-corrected chi connectivity index (χ0v) is 10.9. The number of nitrogens with one attached hydrogen (secondary N) is 1. The summed E-state index contributed by atoms with van der Waals surface area (Å²) in [7, 11) is 0. The molecule has 5 heteroatoms. The predicted molar refractivity (Wildman–Crippen MR) is 76.6 cm³/mol. The summed E-state index contributed by atoms with van der Waals surface area (Å²) in [6.45, 7) is 0. The largest absolute Gasteiger partial charge is 0.351 e. The molecule has 0 saturated heterocycles. The second-order valence-electron chi connectivity index (χ2n) is 4.10. The molecule has 2 aromatic carbocycles. The van der Waals surface area contributed by atoms with E-state index in [0.29, 0.717) is 10.0 Å². The zero-order valence-electron chi connectivity index (χ0n) is 9.40. The summed E-state index contributed by atoms with van der Waals surface area (Å²) in [4.78, 5) is 1.97. The molecule has 1 aliphatic heterocycles. The molecule has 0 aromatic heterocycles. The molecule has 18 heavy (non-hydrogen) atoms. The molecule has 0 spiro atoms. The number of rotatable bonds is 1. The fourth-order valence-corrected chi connectivity index (χ4v) is 2.48. The first-order valence-corrected chi connectivity index (χ1v) is 6.27. The fraction of sp³-hybridized carbons (Fsp3) is 0.0769. The number of nitrogens with two attached hydrogens (primary N) is 1. The Kier molecular flexibility index (Phi) is 2.82. The molecule has 0 aliphatic carbocycles. The van der Waals surface area contributed by atoms with Crippen LogP contribution in [0.5, 0.6) is 0 Å². The van der Waals surface area contributed by atoms with Crippen LogP contribution in [0.3, 0.4) is 0 Å². The molecule has 3 N–H and O–H groups in total. The van der Waals surface area contributed by atoms with Crippen molar-refractivity contribution in [3.63, 3.8) is 0 Å². The Bertz CT molecular complexity index is 601. The Morgan fingerprint density at radius 2 is 1.83 bits per heavy atom. The summed E-state index contributed by atoms with van der Waals surface area (Å²) in [6.07, 6.45) is -0.322. The summed E-state index contributed by atoms with van der Waals surface area (Å²) in [5.41, 5.74) is 8.94. The number of hydrogen-bond acceptors (Lipinski definition) is 3. The maximum absolute atomic E-state index is 6.09. The van der Waals surface area contributed by atoms with Gasteiger partial charge in [-0.3, -0.25) is 5.73 Å². The lowest BCUT2D eigenvalue weighted by molar-refractivity contribution is 0.802. The van der Waals surface area contributed by atoms with E-state index in [4.69, 9.17) is 28.9 Å². The first kappa shape index (κ1) is 11.7. The van der Waals surface area contributed by atoms with E-state index in [0.717, 1.165) is 17.1 Å². The summed E-state index contributed by atoms with van der Waals surface area (Å²) in [5.74, 6) is 0. The van der Waals surface area contributed by atoms with Gasteiger partial charge < -0.3 is 10.2 Å². The van der Waals surface area contributed by atoms with Crippen LogP contribution < -0.4 is 16.0 Å². The molecule has 0 bridgehead atoms. The van der Waals surface area contributed by atoms with Gasteiger partial charge in [-0.1, -0.05) is 29.3 Å². The van der Waals surface area contributed by atoms with Gasteiger partial charge in [0.2, 0.25) is 0 Å². The SMILES string of the molecule is NC1Nc2ccc(Cl)cc2N1c1cccc(Cl)c1. The average Bonchev–Trinajstić information content (AvgIpc) is 2.64. The molecule has 0 amide bonds. The minimum atomic E-state index is -0.322. The molecule has 0 radical (unpaired) electrons. The van der Waals surface area contributed by atoms with Gasteiger partial charge in [0.15, 0.2) is 6.29 Å². The van der Waals surface area contributed by atoms with Crippen molar-refractivity contribution >= 4 is 40.3 Å². The van der Waals surface area contributed by atoms with E-state index in [9.17, 15) is 0 Å². The first-order chi connectivity index (χ1) is 8.65. The van der Waals surface area contributed by atoms with Crippen molar-refractivity contribution in [3.05, 3.63) is 52.5 Å². The van der Waals surface area contributed by atoms with Gasteiger partial charge in [0, 0.05) is 15.7 Å². The Balaban J connectivity index is 2.11. The van der Waals surface area contributed by atoms with Crippen molar-refractivity contribution in [2.45, 2.75) is 6.29 Å². The van der Waals surface area contributed by atoms with Crippen molar-refractivity contribution < 1.29 is 0 Å². The van der Waals surface area contributed by atoms with Crippen LogP contribution in [0.1, 0.15) is 0 Å².